The normalized spacial score (nSPS) is 30.7. The van der Waals surface area contributed by atoms with E-state index in [-0.39, 0.29) is 0 Å². The molecule has 0 amide bonds. The van der Waals surface area contributed by atoms with Crippen molar-refractivity contribution in [2.24, 2.45) is 0 Å². The van der Waals surface area contributed by atoms with Gasteiger partial charge in [0.2, 0.25) is 0 Å². The van der Waals surface area contributed by atoms with Crippen LogP contribution in [0.3, 0.4) is 0 Å². The summed E-state index contributed by atoms with van der Waals surface area (Å²) in [5.41, 5.74) is 0.420. The Morgan fingerprint density at radius 2 is 2.23 bits per heavy atom. The first-order valence-corrected chi connectivity index (χ1v) is 5.60. The van der Waals surface area contributed by atoms with E-state index in [0.29, 0.717) is 5.54 Å². The molecule has 2 nitrogen and oxygen atoms in total. The Balaban J connectivity index is 2.46. The van der Waals surface area contributed by atoms with Crippen LogP contribution in [0.5, 0.6) is 0 Å². The number of likely N-dealkylation sites (tertiary alicyclic amines) is 1. The average Bonchev–Trinajstić information content (AvgIpc) is 2.15. The van der Waals surface area contributed by atoms with Crippen LogP contribution in [0.2, 0.25) is 0 Å². The summed E-state index contributed by atoms with van der Waals surface area (Å²) >= 11 is 0. The number of unbranched alkanes of at least 4 members (excludes halogenated alkanes) is 1. The minimum absolute atomic E-state index is 0.420. The van der Waals surface area contributed by atoms with Gasteiger partial charge < -0.3 is 10.2 Å². The molecule has 0 aromatic heterocycles. The zero-order valence-corrected chi connectivity index (χ0v) is 9.40. The molecule has 0 spiro atoms. The Morgan fingerprint density at radius 3 is 2.77 bits per heavy atom. The standard InChI is InChI=1S/C11H24N2/c1-4-5-7-11(12-2)8-6-9-13(3)10-11/h12H,4-10H2,1-3H3. The summed E-state index contributed by atoms with van der Waals surface area (Å²) in [6, 6.07) is 0. The minimum atomic E-state index is 0.420. The summed E-state index contributed by atoms with van der Waals surface area (Å²) in [5, 5.41) is 3.54. The molecule has 13 heavy (non-hydrogen) atoms. The van der Waals surface area contributed by atoms with Crippen molar-refractivity contribution in [2.75, 3.05) is 27.2 Å². The predicted molar refractivity (Wildman–Crippen MR) is 58.0 cm³/mol. The zero-order valence-electron chi connectivity index (χ0n) is 9.40. The quantitative estimate of drug-likeness (QED) is 0.717. The fourth-order valence-electron chi connectivity index (χ4n) is 2.41. The zero-order chi connectivity index (χ0) is 9.73. The van der Waals surface area contributed by atoms with Gasteiger partial charge in [-0.25, -0.2) is 0 Å². The van der Waals surface area contributed by atoms with Gasteiger partial charge in [0, 0.05) is 12.1 Å². The van der Waals surface area contributed by atoms with Crippen LogP contribution in [0.25, 0.3) is 0 Å². The lowest BCUT2D eigenvalue weighted by atomic mass is 9.84. The number of hydrogen-bond donors (Lipinski definition) is 1. The van der Waals surface area contributed by atoms with Gasteiger partial charge in [0.15, 0.2) is 0 Å². The summed E-state index contributed by atoms with van der Waals surface area (Å²) in [4.78, 5) is 2.45. The van der Waals surface area contributed by atoms with Crippen LogP contribution in [0.1, 0.15) is 39.0 Å². The van der Waals surface area contributed by atoms with Gasteiger partial charge in [0.1, 0.15) is 0 Å². The van der Waals surface area contributed by atoms with Crippen LogP contribution in [-0.4, -0.2) is 37.6 Å². The lowest BCUT2D eigenvalue weighted by Crippen LogP contribution is -2.54. The predicted octanol–water partition coefficient (Wildman–Crippen LogP) is 1.86. The second kappa shape index (κ2) is 4.97. The van der Waals surface area contributed by atoms with Crippen molar-refractivity contribution < 1.29 is 0 Å². The van der Waals surface area contributed by atoms with E-state index < -0.39 is 0 Å². The van der Waals surface area contributed by atoms with Crippen LogP contribution in [0, 0.1) is 0 Å². The van der Waals surface area contributed by atoms with Gasteiger partial charge in [-0.15, -0.1) is 0 Å². The van der Waals surface area contributed by atoms with Crippen LogP contribution >= 0.6 is 0 Å². The topological polar surface area (TPSA) is 15.3 Å². The lowest BCUT2D eigenvalue weighted by molar-refractivity contribution is 0.141. The molecule has 0 bridgehead atoms. The van der Waals surface area contributed by atoms with E-state index in [2.05, 4.69) is 31.2 Å². The minimum Gasteiger partial charge on any atom is -0.313 e. The van der Waals surface area contributed by atoms with Crippen molar-refractivity contribution >= 4 is 0 Å². The van der Waals surface area contributed by atoms with Crippen molar-refractivity contribution in [1.29, 1.82) is 0 Å². The first-order chi connectivity index (χ1) is 6.22. The Morgan fingerprint density at radius 1 is 1.46 bits per heavy atom. The van der Waals surface area contributed by atoms with Crippen molar-refractivity contribution in [2.45, 2.75) is 44.6 Å². The van der Waals surface area contributed by atoms with E-state index in [1.165, 1.54) is 45.2 Å². The van der Waals surface area contributed by atoms with Crippen molar-refractivity contribution in [3.8, 4) is 0 Å². The molecule has 1 aliphatic heterocycles. The highest BCUT2D eigenvalue weighted by atomic mass is 15.2. The summed E-state index contributed by atoms with van der Waals surface area (Å²) in [5.74, 6) is 0. The molecule has 2 heteroatoms. The second-order valence-electron chi connectivity index (χ2n) is 4.48. The second-order valence-corrected chi connectivity index (χ2v) is 4.48. The van der Waals surface area contributed by atoms with E-state index in [4.69, 9.17) is 0 Å². The van der Waals surface area contributed by atoms with E-state index >= 15 is 0 Å². The van der Waals surface area contributed by atoms with Gasteiger partial charge in [-0.2, -0.15) is 0 Å². The van der Waals surface area contributed by atoms with E-state index in [0.717, 1.165) is 0 Å². The lowest BCUT2D eigenvalue weighted by Gasteiger charge is -2.41. The Kier molecular flexibility index (Phi) is 4.20. The number of hydrogen-bond acceptors (Lipinski definition) is 2. The van der Waals surface area contributed by atoms with Crippen LogP contribution < -0.4 is 5.32 Å². The molecule has 1 aliphatic rings. The summed E-state index contributed by atoms with van der Waals surface area (Å²) in [6.07, 6.45) is 6.71. The van der Waals surface area contributed by atoms with Gasteiger partial charge in [0.25, 0.3) is 0 Å². The Bertz CT molecular complexity index is 147. The van der Waals surface area contributed by atoms with Gasteiger partial charge in [0.05, 0.1) is 0 Å². The molecule has 0 radical (unpaired) electrons. The molecular formula is C11H24N2. The molecule has 0 aromatic carbocycles. The molecule has 1 N–H and O–H groups in total. The SMILES string of the molecule is CCCCC1(NC)CCCN(C)C1. The van der Waals surface area contributed by atoms with Crippen LogP contribution in [0.4, 0.5) is 0 Å². The monoisotopic (exact) mass is 184 g/mol. The molecule has 1 heterocycles. The van der Waals surface area contributed by atoms with Crippen LogP contribution in [-0.2, 0) is 0 Å². The fraction of sp³-hybridized carbons (Fsp3) is 1.00. The molecule has 1 atom stereocenters. The largest absolute Gasteiger partial charge is 0.313 e. The summed E-state index contributed by atoms with van der Waals surface area (Å²) in [7, 11) is 4.35. The van der Waals surface area contributed by atoms with Gasteiger partial charge >= 0.3 is 0 Å². The molecule has 0 aromatic rings. The van der Waals surface area contributed by atoms with E-state index in [1.807, 2.05) is 0 Å². The van der Waals surface area contributed by atoms with Crippen molar-refractivity contribution in [3.05, 3.63) is 0 Å². The molecule has 1 saturated heterocycles. The highest BCUT2D eigenvalue weighted by Gasteiger charge is 2.31. The fourth-order valence-corrected chi connectivity index (χ4v) is 2.41. The number of rotatable bonds is 4. The third-order valence-electron chi connectivity index (χ3n) is 3.31. The maximum atomic E-state index is 3.54. The smallest absolute Gasteiger partial charge is 0.0306 e. The highest BCUT2D eigenvalue weighted by molar-refractivity contribution is 4.92. The molecule has 0 saturated carbocycles. The molecule has 78 valence electrons. The highest BCUT2D eigenvalue weighted by Crippen LogP contribution is 2.25. The molecular weight excluding hydrogens is 160 g/mol. The number of piperidine rings is 1. The third kappa shape index (κ3) is 2.96. The maximum Gasteiger partial charge on any atom is 0.0306 e. The summed E-state index contributed by atoms with van der Waals surface area (Å²) < 4.78 is 0. The van der Waals surface area contributed by atoms with Gasteiger partial charge in [-0.1, -0.05) is 19.8 Å². The molecule has 1 rings (SSSR count). The third-order valence-corrected chi connectivity index (χ3v) is 3.31. The number of nitrogens with one attached hydrogen (secondary N) is 1. The Hall–Kier alpha value is -0.0800. The first-order valence-electron chi connectivity index (χ1n) is 5.60. The maximum absolute atomic E-state index is 3.54. The molecule has 0 aliphatic carbocycles. The molecule has 1 unspecified atom stereocenters. The average molecular weight is 184 g/mol. The Labute approximate surface area is 82.7 Å². The van der Waals surface area contributed by atoms with Gasteiger partial charge in [-0.3, -0.25) is 0 Å². The number of likely N-dealkylation sites (N-methyl/N-ethyl adjacent to an activating group) is 2. The number of nitrogens with zero attached hydrogens (tertiary/aromatic N) is 1. The van der Waals surface area contributed by atoms with Crippen molar-refractivity contribution in [1.82, 2.24) is 10.2 Å². The van der Waals surface area contributed by atoms with Crippen molar-refractivity contribution in [3.63, 3.8) is 0 Å². The summed E-state index contributed by atoms with van der Waals surface area (Å²) in [6.45, 7) is 4.77. The van der Waals surface area contributed by atoms with E-state index in [1.54, 1.807) is 0 Å². The van der Waals surface area contributed by atoms with Gasteiger partial charge in [-0.05, 0) is 39.9 Å². The van der Waals surface area contributed by atoms with E-state index in [9.17, 15) is 0 Å². The molecule has 1 fully saturated rings. The first kappa shape index (κ1) is 11.0. The van der Waals surface area contributed by atoms with Crippen LogP contribution in [0.15, 0.2) is 0 Å².